The highest BCUT2D eigenvalue weighted by atomic mass is 35.5. The number of rotatable bonds is 6. The van der Waals surface area contributed by atoms with Crippen LogP contribution >= 0.6 is 11.6 Å². The summed E-state index contributed by atoms with van der Waals surface area (Å²) in [5, 5.41) is 0.794. The van der Waals surface area contributed by atoms with Gasteiger partial charge in [0.1, 0.15) is 0 Å². The van der Waals surface area contributed by atoms with Crippen molar-refractivity contribution in [2.24, 2.45) is 5.73 Å². The number of pyridine rings is 1. The van der Waals surface area contributed by atoms with Crippen molar-refractivity contribution in [1.82, 2.24) is 9.88 Å². The highest BCUT2D eigenvalue weighted by molar-refractivity contribution is 6.31. The molecule has 0 aliphatic carbocycles. The molecule has 0 saturated heterocycles. The highest BCUT2D eigenvalue weighted by Gasteiger charge is 2.23. The summed E-state index contributed by atoms with van der Waals surface area (Å²) < 4.78 is 0. The molecule has 21 heavy (non-hydrogen) atoms. The lowest BCUT2D eigenvalue weighted by molar-refractivity contribution is 0.201. The second-order valence-electron chi connectivity index (χ2n) is 5.30. The summed E-state index contributed by atoms with van der Waals surface area (Å²) in [6, 6.07) is 12.2. The van der Waals surface area contributed by atoms with Crippen molar-refractivity contribution in [1.29, 1.82) is 0 Å². The first-order valence-corrected chi connectivity index (χ1v) is 7.60. The van der Waals surface area contributed by atoms with E-state index in [0.717, 1.165) is 23.6 Å². The van der Waals surface area contributed by atoms with Gasteiger partial charge in [-0.15, -0.1) is 0 Å². The first-order valence-electron chi connectivity index (χ1n) is 7.22. The molecule has 1 aromatic heterocycles. The summed E-state index contributed by atoms with van der Waals surface area (Å²) in [5.41, 5.74) is 8.65. The molecular formula is C17H22ClN3. The zero-order valence-corrected chi connectivity index (χ0v) is 13.3. The van der Waals surface area contributed by atoms with Crippen LogP contribution in [0.2, 0.25) is 5.02 Å². The monoisotopic (exact) mass is 303 g/mol. The number of benzene rings is 1. The Morgan fingerprint density at radius 3 is 2.48 bits per heavy atom. The topological polar surface area (TPSA) is 42.1 Å². The molecule has 2 rings (SSSR count). The van der Waals surface area contributed by atoms with Crippen molar-refractivity contribution in [3.63, 3.8) is 0 Å². The Bertz CT molecular complexity index is 559. The molecule has 0 aliphatic heterocycles. The number of likely N-dealkylation sites (N-methyl/N-ethyl adjacent to an activating group) is 1. The molecule has 112 valence electrons. The molecule has 0 fully saturated rings. The molecule has 2 unspecified atom stereocenters. The molecule has 0 bridgehead atoms. The van der Waals surface area contributed by atoms with Crippen LogP contribution in [0.1, 0.15) is 30.5 Å². The van der Waals surface area contributed by atoms with Crippen molar-refractivity contribution in [2.75, 3.05) is 7.05 Å². The molecular weight excluding hydrogens is 282 g/mol. The number of aromatic nitrogens is 1. The van der Waals surface area contributed by atoms with Crippen LogP contribution in [0, 0.1) is 0 Å². The Morgan fingerprint density at radius 1 is 1.19 bits per heavy atom. The summed E-state index contributed by atoms with van der Waals surface area (Å²) in [5.74, 6) is 0. The maximum Gasteiger partial charge on any atom is 0.0500 e. The predicted molar refractivity (Wildman–Crippen MR) is 88.2 cm³/mol. The standard InChI is InChI=1S/C17H22ClN3/c1-3-16(19)17(13-8-10-20-11-9-13)21(2)12-14-6-4-5-7-15(14)18/h4-11,16-17H,3,12,19H2,1-2H3. The zero-order valence-electron chi connectivity index (χ0n) is 12.5. The van der Waals surface area contributed by atoms with E-state index in [1.807, 2.05) is 42.7 Å². The largest absolute Gasteiger partial charge is 0.326 e. The Labute approximate surface area is 131 Å². The van der Waals surface area contributed by atoms with Gasteiger partial charge >= 0.3 is 0 Å². The van der Waals surface area contributed by atoms with Crippen LogP contribution in [0.5, 0.6) is 0 Å². The smallest absolute Gasteiger partial charge is 0.0500 e. The first-order chi connectivity index (χ1) is 10.1. The maximum absolute atomic E-state index is 6.35. The Balaban J connectivity index is 2.23. The van der Waals surface area contributed by atoms with E-state index in [1.54, 1.807) is 0 Å². The second-order valence-corrected chi connectivity index (χ2v) is 5.71. The predicted octanol–water partition coefficient (Wildman–Crippen LogP) is 3.65. The maximum atomic E-state index is 6.35. The highest BCUT2D eigenvalue weighted by Crippen LogP contribution is 2.26. The lowest BCUT2D eigenvalue weighted by Crippen LogP contribution is -2.38. The van der Waals surface area contributed by atoms with Crippen molar-refractivity contribution in [3.8, 4) is 0 Å². The average molecular weight is 304 g/mol. The number of hydrogen-bond acceptors (Lipinski definition) is 3. The van der Waals surface area contributed by atoms with Gasteiger partial charge < -0.3 is 5.73 Å². The quantitative estimate of drug-likeness (QED) is 0.886. The van der Waals surface area contributed by atoms with Crippen LogP contribution in [0.4, 0.5) is 0 Å². The van der Waals surface area contributed by atoms with Crippen molar-refractivity contribution >= 4 is 11.6 Å². The fourth-order valence-corrected chi connectivity index (χ4v) is 2.80. The van der Waals surface area contributed by atoms with E-state index in [-0.39, 0.29) is 12.1 Å². The lowest BCUT2D eigenvalue weighted by atomic mass is 9.97. The van der Waals surface area contributed by atoms with E-state index in [1.165, 1.54) is 5.56 Å². The van der Waals surface area contributed by atoms with E-state index in [4.69, 9.17) is 17.3 Å². The van der Waals surface area contributed by atoms with Gasteiger partial charge in [0, 0.05) is 30.0 Å². The Kier molecular flexibility index (Phi) is 5.74. The van der Waals surface area contributed by atoms with Crippen LogP contribution in [0.25, 0.3) is 0 Å². The van der Waals surface area contributed by atoms with Gasteiger partial charge in [-0.25, -0.2) is 0 Å². The normalized spacial score (nSPS) is 14.1. The molecule has 0 aliphatic rings. The fraction of sp³-hybridized carbons (Fsp3) is 0.353. The van der Waals surface area contributed by atoms with Gasteiger partial charge in [-0.2, -0.15) is 0 Å². The molecule has 0 amide bonds. The molecule has 2 N–H and O–H groups in total. The molecule has 1 heterocycles. The van der Waals surface area contributed by atoms with Gasteiger partial charge in [-0.05, 0) is 42.8 Å². The van der Waals surface area contributed by atoms with Crippen LogP contribution in [0.3, 0.4) is 0 Å². The summed E-state index contributed by atoms with van der Waals surface area (Å²) >= 11 is 6.26. The van der Waals surface area contributed by atoms with Gasteiger partial charge in [0.25, 0.3) is 0 Å². The molecule has 1 aromatic carbocycles. The van der Waals surface area contributed by atoms with Gasteiger partial charge in [0.15, 0.2) is 0 Å². The van der Waals surface area contributed by atoms with Crippen molar-refractivity contribution < 1.29 is 0 Å². The third-order valence-electron chi connectivity index (χ3n) is 3.78. The molecule has 0 spiro atoms. The number of halogens is 1. The Morgan fingerprint density at radius 2 is 1.86 bits per heavy atom. The minimum absolute atomic E-state index is 0.0693. The summed E-state index contributed by atoms with van der Waals surface area (Å²) in [4.78, 5) is 6.34. The summed E-state index contributed by atoms with van der Waals surface area (Å²) in [6.45, 7) is 2.88. The van der Waals surface area contributed by atoms with Gasteiger partial charge in [0.2, 0.25) is 0 Å². The van der Waals surface area contributed by atoms with Gasteiger partial charge in [-0.3, -0.25) is 9.88 Å². The van der Waals surface area contributed by atoms with E-state index in [0.29, 0.717) is 0 Å². The van der Waals surface area contributed by atoms with Crippen molar-refractivity contribution in [2.45, 2.75) is 32.0 Å². The number of hydrogen-bond donors (Lipinski definition) is 1. The molecule has 2 aromatic rings. The molecule has 2 atom stereocenters. The lowest BCUT2D eigenvalue weighted by Gasteiger charge is -2.33. The zero-order chi connectivity index (χ0) is 15.2. The van der Waals surface area contributed by atoms with E-state index in [2.05, 4.69) is 29.9 Å². The van der Waals surface area contributed by atoms with Crippen LogP contribution in [-0.4, -0.2) is 23.0 Å². The van der Waals surface area contributed by atoms with E-state index in [9.17, 15) is 0 Å². The van der Waals surface area contributed by atoms with E-state index < -0.39 is 0 Å². The third-order valence-corrected chi connectivity index (χ3v) is 4.15. The number of nitrogens with two attached hydrogens (primary N) is 1. The Hall–Kier alpha value is -1.42. The molecule has 0 saturated carbocycles. The minimum Gasteiger partial charge on any atom is -0.326 e. The third kappa shape index (κ3) is 4.03. The minimum atomic E-state index is 0.0693. The molecule has 3 nitrogen and oxygen atoms in total. The van der Waals surface area contributed by atoms with Crippen LogP contribution < -0.4 is 5.73 Å². The first kappa shape index (κ1) is 16.0. The summed E-state index contributed by atoms with van der Waals surface area (Å²) in [7, 11) is 2.09. The van der Waals surface area contributed by atoms with Gasteiger partial charge in [-0.1, -0.05) is 36.7 Å². The number of nitrogens with zero attached hydrogens (tertiary/aromatic N) is 2. The van der Waals surface area contributed by atoms with Crippen molar-refractivity contribution in [3.05, 3.63) is 64.9 Å². The second kappa shape index (κ2) is 7.55. The average Bonchev–Trinajstić information content (AvgIpc) is 2.50. The SMILES string of the molecule is CCC(N)C(c1ccncc1)N(C)Cc1ccccc1Cl. The fourth-order valence-electron chi connectivity index (χ4n) is 2.61. The van der Waals surface area contributed by atoms with Crippen LogP contribution in [0.15, 0.2) is 48.8 Å². The molecule has 0 radical (unpaired) electrons. The van der Waals surface area contributed by atoms with Crippen LogP contribution in [-0.2, 0) is 6.54 Å². The van der Waals surface area contributed by atoms with Gasteiger partial charge in [0.05, 0.1) is 6.04 Å². The molecule has 4 heteroatoms. The van der Waals surface area contributed by atoms with E-state index >= 15 is 0 Å². The summed E-state index contributed by atoms with van der Waals surface area (Å²) in [6.07, 6.45) is 4.54.